The summed E-state index contributed by atoms with van der Waals surface area (Å²) in [4.78, 5) is 11.1. The molecule has 0 aromatic heterocycles. The van der Waals surface area contributed by atoms with Gasteiger partial charge in [-0.3, -0.25) is 4.79 Å². The van der Waals surface area contributed by atoms with Crippen molar-refractivity contribution in [2.24, 2.45) is 0 Å². The highest BCUT2D eigenvalue weighted by Crippen LogP contribution is 2.05. The van der Waals surface area contributed by atoms with Gasteiger partial charge in [0.15, 0.2) is 0 Å². The van der Waals surface area contributed by atoms with Gasteiger partial charge in [0, 0.05) is 19.0 Å². The van der Waals surface area contributed by atoms with Crippen LogP contribution in [0.4, 0.5) is 0 Å². The summed E-state index contributed by atoms with van der Waals surface area (Å²) in [7, 11) is 0. The molecule has 1 rings (SSSR count). The average molecular weight is 182 g/mol. The minimum absolute atomic E-state index is 0.0716. The van der Waals surface area contributed by atoms with Crippen LogP contribution in [0.1, 0.15) is 25.7 Å². The molecule has 0 saturated carbocycles. The Bertz CT molecular complexity index is 174. The summed E-state index contributed by atoms with van der Waals surface area (Å²) in [5.41, 5.74) is 0. The molecule has 0 aromatic rings. The third kappa shape index (κ3) is 4.08. The number of carbonyl (C=O) groups excluding carboxylic acids is 1. The van der Waals surface area contributed by atoms with Gasteiger partial charge < -0.3 is 10.6 Å². The van der Waals surface area contributed by atoms with Crippen LogP contribution < -0.4 is 10.6 Å². The predicted molar refractivity (Wildman–Crippen MR) is 53.5 cm³/mol. The van der Waals surface area contributed by atoms with E-state index in [2.05, 4.69) is 17.2 Å². The van der Waals surface area contributed by atoms with Gasteiger partial charge in [0.05, 0.1) is 0 Å². The molecule has 74 valence electrons. The molecule has 0 aromatic carbocycles. The van der Waals surface area contributed by atoms with Gasteiger partial charge in [-0.25, -0.2) is 0 Å². The Labute approximate surface area is 79.6 Å². The molecule has 1 aliphatic rings. The summed E-state index contributed by atoms with van der Waals surface area (Å²) in [6.45, 7) is 5.36. The van der Waals surface area contributed by atoms with Crippen molar-refractivity contribution in [2.75, 3.05) is 13.1 Å². The molecular weight excluding hydrogens is 164 g/mol. The van der Waals surface area contributed by atoms with E-state index < -0.39 is 0 Å². The van der Waals surface area contributed by atoms with Crippen molar-refractivity contribution in [1.29, 1.82) is 0 Å². The van der Waals surface area contributed by atoms with Crippen molar-refractivity contribution in [1.82, 2.24) is 10.6 Å². The maximum atomic E-state index is 11.1. The van der Waals surface area contributed by atoms with Crippen LogP contribution >= 0.6 is 0 Å². The smallest absolute Gasteiger partial charge is 0.223 e. The molecule has 1 fully saturated rings. The molecule has 0 bridgehead atoms. The van der Waals surface area contributed by atoms with E-state index in [1.54, 1.807) is 6.08 Å². The predicted octanol–water partition coefficient (Wildman–Crippen LogP) is 0.821. The lowest BCUT2D eigenvalue weighted by atomic mass is 10.1. The van der Waals surface area contributed by atoms with Gasteiger partial charge in [0.1, 0.15) is 0 Å². The van der Waals surface area contributed by atoms with Gasteiger partial charge in [0.2, 0.25) is 5.91 Å². The average Bonchev–Trinajstić information content (AvgIpc) is 2.17. The summed E-state index contributed by atoms with van der Waals surface area (Å²) in [6, 6.07) is 0.475. The van der Waals surface area contributed by atoms with E-state index in [1.165, 1.54) is 19.3 Å². The van der Waals surface area contributed by atoms with E-state index in [1.807, 2.05) is 0 Å². The van der Waals surface area contributed by atoms with Crippen molar-refractivity contribution in [3.63, 3.8) is 0 Å². The van der Waals surface area contributed by atoms with Gasteiger partial charge in [0.25, 0.3) is 0 Å². The number of carbonyl (C=O) groups is 1. The van der Waals surface area contributed by atoms with Crippen LogP contribution in [0.25, 0.3) is 0 Å². The molecule has 1 unspecified atom stereocenters. The SMILES string of the molecule is C=CCC(=O)NCC1CCCCN1. The second-order valence-corrected chi connectivity index (χ2v) is 3.44. The van der Waals surface area contributed by atoms with Gasteiger partial charge in [-0.1, -0.05) is 12.5 Å². The molecule has 1 heterocycles. The maximum absolute atomic E-state index is 11.1. The van der Waals surface area contributed by atoms with E-state index in [4.69, 9.17) is 0 Å². The fraction of sp³-hybridized carbons (Fsp3) is 0.700. The van der Waals surface area contributed by atoms with E-state index in [0.717, 1.165) is 13.1 Å². The number of hydrogen-bond donors (Lipinski definition) is 2. The zero-order valence-corrected chi connectivity index (χ0v) is 8.01. The molecule has 1 amide bonds. The Kier molecular flexibility index (Phi) is 4.54. The molecule has 3 nitrogen and oxygen atoms in total. The van der Waals surface area contributed by atoms with Crippen LogP contribution in [0.3, 0.4) is 0 Å². The Morgan fingerprint density at radius 2 is 2.46 bits per heavy atom. The Morgan fingerprint density at radius 1 is 1.62 bits per heavy atom. The fourth-order valence-electron chi connectivity index (χ4n) is 1.54. The Hall–Kier alpha value is -0.830. The molecular formula is C10H18N2O. The van der Waals surface area contributed by atoms with E-state index in [-0.39, 0.29) is 5.91 Å². The van der Waals surface area contributed by atoms with Gasteiger partial charge >= 0.3 is 0 Å². The summed E-state index contributed by atoms with van der Waals surface area (Å²) < 4.78 is 0. The highest BCUT2D eigenvalue weighted by molar-refractivity contribution is 5.77. The van der Waals surface area contributed by atoms with Crippen LogP contribution in [0.5, 0.6) is 0 Å². The minimum atomic E-state index is 0.0716. The highest BCUT2D eigenvalue weighted by Gasteiger charge is 2.12. The van der Waals surface area contributed by atoms with Crippen molar-refractivity contribution in [2.45, 2.75) is 31.7 Å². The Balaban J connectivity index is 2.09. The van der Waals surface area contributed by atoms with E-state index in [9.17, 15) is 4.79 Å². The van der Waals surface area contributed by atoms with E-state index in [0.29, 0.717) is 12.5 Å². The molecule has 1 atom stereocenters. The molecule has 0 spiro atoms. The third-order valence-corrected chi connectivity index (χ3v) is 2.29. The third-order valence-electron chi connectivity index (χ3n) is 2.29. The van der Waals surface area contributed by atoms with Crippen molar-refractivity contribution in [3.8, 4) is 0 Å². The zero-order valence-electron chi connectivity index (χ0n) is 8.01. The standard InChI is InChI=1S/C10H18N2O/c1-2-5-10(13)12-8-9-6-3-4-7-11-9/h2,9,11H,1,3-8H2,(H,12,13). The van der Waals surface area contributed by atoms with Crippen molar-refractivity contribution in [3.05, 3.63) is 12.7 Å². The van der Waals surface area contributed by atoms with Crippen LogP contribution in [-0.2, 0) is 4.79 Å². The van der Waals surface area contributed by atoms with Crippen LogP contribution in [-0.4, -0.2) is 25.0 Å². The molecule has 3 heteroatoms. The fourth-order valence-corrected chi connectivity index (χ4v) is 1.54. The van der Waals surface area contributed by atoms with E-state index >= 15 is 0 Å². The topological polar surface area (TPSA) is 41.1 Å². The lowest BCUT2D eigenvalue weighted by molar-refractivity contribution is -0.120. The van der Waals surface area contributed by atoms with Crippen molar-refractivity contribution < 1.29 is 4.79 Å². The zero-order chi connectivity index (χ0) is 9.52. The quantitative estimate of drug-likeness (QED) is 0.632. The van der Waals surface area contributed by atoms with Crippen LogP contribution in [0.2, 0.25) is 0 Å². The summed E-state index contributed by atoms with van der Waals surface area (Å²) >= 11 is 0. The van der Waals surface area contributed by atoms with Crippen molar-refractivity contribution >= 4 is 5.91 Å². The number of rotatable bonds is 4. The first-order valence-electron chi connectivity index (χ1n) is 4.94. The number of nitrogens with one attached hydrogen (secondary N) is 2. The number of amides is 1. The summed E-state index contributed by atoms with van der Waals surface area (Å²) in [5.74, 6) is 0.0716. The first-order valence-corrected chi connectivity index (χ1v) is 4.94. The summed E-state index contributed by atoms with van der Waals surface area (Å²) in [5, 5.41) is 6.26. The second-order valence-electron chi connectivity index (χ2n) is 3.44. The largest absolute Gasteiger partial charge is 0.354 e. The number of hydrogen-bond acceptors (Lipinski definition) is 2. The minimum Gasteiger partial charge on any atom is -0.354 e. The maximum Gasteiger partial charge on any atom is 0.223 e. The molecule has 13 heavy (non-hydrogen) atoms. The Morgan fingerprint density at radius 3 is 3.08 bits per heavy atom. The first-order chi connectivity index (χ1) is 6.33. The van der Waals surface area contributed by atoms with Gasteiger partial charge in [-0.15, -0.1) is 6.58 Å². The van der Waals surface area contributed by atoms with Crippen LogP contribution in [0, 0.1) is 0 Å². The molecule has 0 aliphatic carbocycles. The normalized spacial score (nSPS) is 22.3. The number of piperidine rings is 1. The molecule has 1 aliphatic heterocycles. The monoisotopic (exact) mass is 182 g/mol. The lowest BCUT2D eigenvalue weighted by Gasteiger charge is -2.23. The molecule has 0 radical (unpaired) electrons. The molecule has 2 N–H and O–H groups in total. The molecule has 1 saturated heterocycles. The first kappa shape index (κ1) is 10.3. The van der Waals surface area contributed by atoms with Gasteiger partial charge in [-0.05, 0) is 19.4 Å². The van der Waals surface area contributed by atoms with Crippen LogP contribution in [0.15, 0.2) is 12.7 Å². The summed E-state index contributed by atoms with van der Waals surface area (Å²) in [6.07, 6.45) is 5.76. The van der Waals surface area contributed by atoms with Gasteiger partial charge in [-0.2, -0.15) is 0 Å². The highest BCUT2D eigenvalue weighted by atomic mass is 16.1. The lowest BCUT2D eigenvalue weighted by Crippen LogP contribution is -2.43. The second kappa shape index (κ2) is 5.75.